The zero-order valence-electron chi connectivity index (χ0n) is 18.5. The lowest BCUT2D eigenvalue weighted by molar-refractivity contribution is 0.0519. The third-order valence-corrected chi connectivity index (χ3v) is 5.78. The van der Waals surface area contributed by atoms with Gasteiger partial charge in [0.25, 0.3) is 11.8 Å². The van der Waals surface area contributed by atoms with Crippen molar-refractivity contribution < 1.29 is 9.59 Å². The van der Waals surface area contributed by atoms with Crippen LogP contribution < -0.4 is 0 Å². The quantitative estimate of drug-likeness (QED) is 0.646. The topological polar surface area (TPSA) is 40.6 Å². The number of carbonyl (C=O) groups excluding carboxylic acids is 2. The lowest BCUT2D eigenvalue weighted by atomic mass is 9.99. The van der Waals surface area contributed by atoms with E-state index in [1.165, 1.54) is 5.56 Å². The molecule has 0 saturated carbocycles. The van der Waals surface area contributed by atoms with E-state index in [1.54, 1.807) is 0 Å². The van der Waals surface area contributed by atoms with Gasteiger partial charge in [0.15, 0.2) is 0 Å². The summed E-state index contributed by atoms with van der Waals surface area (Å²) >= 11 is 0. The third kappa shape index (κ3) is 5.50. The molecule has 0 aromatic heterocycles. The van der Waals surface area contributed by atoms with Crippen LogP contribution in [0.5, 0.6) is 0 Å². The van der Waals surface area contributed by atoms with Crippen LogP contribution in [0.4, 0.5) is 0 Å². The number of likely N-dealkylation sites (tertiary alicyclic amines) is 1. The number of piperidine rings is 1. The number of hydrogen-bond donors (Lipinski definition) is 0. The maximum atomic E-state index is 13.2. The van der Waals surface area contributed by atoms with Gasteiger partial charge in [0.05, 0.1) is 0 Å². The Morgan fingerprint density at radius 1 is 0.967 bits per heavy atom. The summed E-state index contributed by atoms with van der Waals surface area (Å²) in [7, 11) is 0. The first-order valence-electron chi connectivity index (χ1n) is 11.2. The Balaban J connectivity index is 1.64. The second-order valence-electron chi connectivity index (χ2n) is 8.68. The fourth-order valence-electron chi connectivity index (χ4n) is 4.26. The molecule has 30 heavy (non-hydrogen) atoms. The maximum absolute atomic E-state index is 13.2. The van der Waals surface area contributed by atoms with E-state index in [1.807, 2.05) is 52.3 Å². The summed E-state index contributed by atoms with van der Waals surface area (Å²) in [6.07, 6.45) is 3.62. The summed E-state index contributed by atoms with van der Waals surface area (Å²) in [5.74, 6) is 0.802. The molecule has 4 heteroatoms. The van der Waals surface area contributed by atoms with Gasteiger partial charge in [-0.15, -0.1) is 0 Å². The van der Waals surface area contributed by atoms with Gasteiger partial charge in [-0.2, -0.15) is 0 Å². The van der Waals surface area contributed by atoms with Crippen LogP contribution in [0.1, 0.15) is 66.3 Å². The molecule has 0 aliphatic carbocycles. The molecule has 2 aromatic carbocycles. The van der Waals surface area contributed by atoms with Gasteiger partial charge in [0.1, 0.15) is 0 Å². The van der Waals surface area contributed by atoms with Crippen LogP contribution in [-0.2, 0) is 6.42 Å². The fraction of sp³-hybridized carbons (Fsp3) is 0.462. The SMILES string of the molecule is CCCN(C(=O)c1ccc(CC(C)C)cc1)C1CCN(C(=O)c2ccccc2)CC1. The van der Waals surface area contributed by atoms with E-state index in [4.69, 9.17) is 0 Å². The highest BCUT2D eigenvalue weighted by Crippen LogP contribution is 2.21. The summed E-state index contributed by atoms with van der Waals surface area (Å²) in [6.45, 7) is 8.66. The lowest BCUT2D eigenvalue weighted by Crippen LogP contribution is -2.49. The average molecular weight is 407 g/mol. The summed E-state index contributed by atoms with van der Waals surface area (Å²) < 4.78 is 0. The van der Waals surface area contributed by atoms with E-state index in [0.29, 0.717) is 19.0 Å². The van der Waals surface area contributed by atoms with Gasteiger partial charge in [0, 0.05) is 36.8 Å². The molecular formula is C26H34N2O2. The molecule has 2 amide bonds. The summed E-state index contributed by atoms with van der Waals surface area (Å²) in [5.41, 5.74) is 2.77. The van der Waals surface area contributed by atoms with Crippen LogP contribution in [0.3, 0.4) is 0 Å². The molecule has 0 unspecified atom stereocenters. The number of hydrogen-bond acceptors (Lipinski definition) is 2. The molecule has 1 aliphatic rings. The zero-order chi connectivity index (χ0) is 21.5. The van der Waals surface area contributed by atoms with Crippen molar-refractivity contribution in [3.05, 3.63) is 71.3 Å². The minimum Gasteiger partial charge on any atom is -0.338 e. The zero-order valence-corrected chi connectivity index (χ0v) is 18.5. The van der Waals surface area contributed by atoms with Gasteiger partial charge < -0.3 is 9.80 Å². The van der Waals surface area contributed by atoms with Gasteiger partial charge in [-0.1, -0.05) is 51.1 Å². The lowest BCUT2D eigenvalue weighted by Gasteiger charge is -2.38. The Kier molecular flexibility index (Phi) is 7.67. The molecule has 1 fully saturated rings. The smallest absolute Gasteiger partial charge is 0.254 e. The second-order valence-corrected chi connectivity index (χ2v) is 8.68. The fourth-order valence-corrected chi connectivity index (χ4v) is 4.26. The molecule has 1 aliphatic heterocycles. The Morgan fingerprint density at radius 2 is 1.60 bits per heavy atom. The van der Waals surface area contributed by atoms with Gasteiger partial charge in [-0.3, -0.25) is 9.59 Å². The normalized spacial score (nSPS) is 14.7. The van der Waals surface area contributed by atoms with Gasteiger partial charge in [0.2, 0.25) is 0 Å². The number of benzene rings is 2. The van der Waals surface area contributed by atoms with Crippen LogP contribution in [0.15, 0.2) is 54.6 Å². The van der Waals surface area contributed by atoms with Gasteiger partial charge in [-0.05, 0) is 61.4 Å². The molecular weight excluding hydrogens is 372 g/mol. The van der Waals surface area contributed by atoms with E-state index in [-0.39, 0.29) is 17.9 Å². The molecule has 3 rings (SSSR count). The minimum absolute atomic E-state index is 0.0863. The molecule has 4 nitrogen and oxygen atoms in total. The maximum Gasteiger partial charge on any atom is 0.254 e. The molecule has 0 radical (unpaired) electrons. The summed E-state index contributed by atoms with van der Waals surface area (Å²) in [4.78, 5) is 29.9. The van der Waals surface area contributed by atoms with Crippen LogP contribution in [-0.4, -0.2) is 47.3 Å². The predicted octanol–water partition coefficient (Wildman–Crippen LogP) is 5.04. The summed E-state index contributed by atoms with van der Waals surface area (Å²) in [6, 6.07) is 17.7. The Labute approximate surface area is 180 Å². The van der Waals surface area contributed by atoms with Gasteiger partial charge >= 0.3 is 0 Å². The first kappa shape index (κ1) is 22.1. The van der Waals surface area contributed by atoms with Crippen molar-refractivity contribution in [2.75, 3.05) is 19.6 Å². The standard InChI is InChI=1S/C26H34N2O2/c1-4-16-28(26(30)23-12-10-21(11-13-23)19-20(2)3)24-14-17-27(18-15-24)25(29)22-8-6-5-7-9-22/h5-13,20,24H,4,14-19H2,1-3H3. The van der Waals surface area contributed by atoms with E-state index in [0.717, 1.165) is 43.4 Å². The molecule has 1 heterocycles. The van der Waals surface area contributed by atoms with E-state index < -0.39 is 0 Å². The predicted molar refractivity (Wildman–Crippen MR) is 122 cm³/mol. The first-order chi connectivity index (χ1) is 14.5. The van der Waals surface area contributed by atoms with Crippen molar-refractivity contribution >= 4 is 11.8 Å². The Morgan fingerprint density at radius 3 is 2.17 bits per heavy atom. The molecule has 1 saturated heterocycles. The van der Waals surface area contributed by atoms with E-state index in [9.17, 15) is 9.59 Å². The van der Waals surface area contributed by atoms with Crippen molar-refractivity contribution in [1.82, 2.24) is 9.80 Å². The van der Waals surface area contributed by atoms with Crippen molar-refractivity contribution in [3.63, 3.8) is 0 Å². The van der Waals surface area contributed by atoms with Crippen LogP contribution >= 0.6 is 0 Å². The van der Waals surface area contributed by atoms with Crippen LogP contribution in [0, 0.1) is 5.92 Å². The number of nitrogens with zero attached hydrogens (tertiary/aromatic N) is 2. The Bertz CT molecular complexity index is 822. The molecule has 0 atom stereocenters. The van der Waals surface area contributed by atoms with E-state index >= 15 is 0 Å². The highest BCUT2D eigenvalue weighted by Gasteiger charge is 2.30. The van der Waals surface area contributed by atoms with Crippen molar-refractivity contribution in [3.8, 4) is 0 Å². The van der Waals surface area contributed by atoms with Crippen LogP contribution in [0.2, 0.25) is 0 Å². The highest BCUT2D eigenvalue weighted by atomic mass is 16.2. The second kappa shape index (κ2) is 10.4. The largest absolute Gasteiger partial charge is 0.338 e. The minimum atomic E-state index is 0.0863. The number of rotatable bonds is 7. The van der Waals surface area contributed by atoms with Gasteiger partial charge in [-0.25, -0.2) is 0 Å². The number of carbonyl (C=O) groups is 2. The van der Waals surface area contributed by atoms with Crippen molar-refractivity contribution in [2.45, 2.75) is 52.5 Å². The average Bonchev–Trinajstić information content (AvgIpc) is 2.77. The highest BCUT2D eigenvalue weighted by molar-refractivity contribution is 5.95. The Hall–Kier alpha value is -2.62. The molecule has 160 valence electrons. The molecule has 2 aromatic rings. The van der Waals surface area contributed by atoms with Crippen molar-refractivity contribution in [2.24, 2.45) is 5.92 Å². The molecule has 0 N–H and O–H groups in total. The third-order valence-electron chi connectivity index (χ3n) is 5.78. The molecule has 0 bridgehead atoms. The summed E-state index contributed by atoms with van der Waals surface area (Å²) in [5, 5.41) is 0. The van der Waals surface area contributed by atoms with Crippen molar-refractivity contribution in [1.29, 1.82) is 0 Å². The van der Waals surface area contributed by atoms with E-state index in [2.05, 4.69) is 32.9 Å². The first-order valence-corrected chi connectivity index (χ1v) is 11.2. The number of amides is 2. The molecule has 0 spiro atoms. The monoisotopic (exact) mass is 406 g/mol. The van der Waals surface area contributed by atoms with Crippen LogP contribution in [0.25, 0.3) is 0 Å².